The van der Waals surface area contributed by atoms with Gasteiger partial charge >= 0.3 is 0 Å². The van der Waals surface area contributed by atoms with Crippen LogP contribution in [0.4, 0.5) is 5.69 Å². The van der Waals surface area contributed by atoms with E-state index >= 15 is 0 Å². The van der Waals surface area contributed by atoms with Gasteiger partial charge in [-0.25, -0.2) is 0 Å². The lowest BCUT2D eigenvalue weighted by atomic mass is 9.74. The van der Waals surface area contributed by atoms with E-state index in [4.69, 9.17) is 4.74 Å². The summed E-state index contributed by atoms with van der Waals surface area (Å²) in [6, 6.07) is 15.8. The summed E-state index contributed by atoms with van der Waals surface area (Å²) in [6.45, 7) is 10.3. The van der Waals surface area contributed by atoms with Crippen molar-refractivity contribution in [3.05, 3.63) is 77.4 Å². The first-order valence-corrected chi connectivity index (χ1v) is 17.7. The van der Waals surface area contributed by atoms with Crippen molar-refractivity contribution in [2.75, 3.05) is 44.6 Å². The molecular weight excluding hydrogens is 590 g/mol. The van der Waals surface area contributed by atoms with Crippen LogP contribution in [0.25, 0.3) is 0 Å². The van der Waals surface area contributed by atoms with Crippen LogP contribution in [-0.2, 0) is 25.7 Å². The molecule has 2 aromatic rings. The van der Waals surface area contributed by atoms with Crippen LogP contribution in [0.5, 0.6) is 0 Å². The Morgan fingerprint density at radius 1 is 0.894 bits per heavy atom. The second-order valence-electron chi connectivity index (χ2n) is 14.3. The third-order valence-corrected chi connectivity index (χ3v) is 11.2. The summed E-state index contributed by atoms with van der Waals surface area (Å²) in [6.07, 6.45) is 9.34. The maximum absolute atomic E-state index is 14.4. The fourth-order valence-electron chi connectivity index (χ4n) is 8.56. The number of piperazine rings is 1. The summed E-state index contributed by atoms with van der Waals surface area (Å²) in [5, 5.41) is 6.36. The van der Waals surface area contributed by atoms with Crippen molar-refractivity contribution < 1.29 is 19.1 Å². The van der Waals surface area contributed by atoms with Crippen molar-refractivity contribution in [3.8, 4) is 0 Å². The number of ether oxygens (including phenoxy) is 1. The molecule has 5 aliphatic rings. The Hall–Kier alpha value is -3.53. The quantitative estimate of drug-likeness (QED) is 0.381. The van der Waals surface area contributed by atoms with E-state index < -0.39 is 29.6 Å². The molecule has 7 rings (SSSR count). The van der Waals surface area contributed by atoms with Gasteiger partial charge < -0.3 is 25.2 Å². The van der Waals surface area contributed by atoms with E-state index in [-0.39, 0.29) is 23.8 Å². The van der Waals surface area contributed by atoms with Gasteiger partial charge in [-0.3, -0.25) is 19.3 Å². The monoisotopic (exact) mass is 639 g/mol. The van der Waals surface area contributed by atoms with Gasteiger partial charge in [0.05, 0.1) is 17.9 Å². The maximum atomic E-state index is 14.4. The van der Waals surface area contributed by atoms with Gasteiger partial charge in [-0.15, -0.1) is 0 Å². The smallest absolute Gasteiger partial charge is 0.246 e. The molecule has 47 heavy (non-hydrogen) atoms. The molecule has 1 aliphatic carbocycles. The van der Waals surface area contributed by atoms with Gasteiger partial charge in [0.1, 0.15) is 11.6 Å². The van der Waals surface area contributed by atoms with Gasteiger partial charge in [0, 0.05) is 51.0 Å². The first kappa shape index (κ1) is 32.0. The lowest BCUT2D eigenvalue weighted by Gasteiger charge is -2.36. The minimum absolute atomic E-state index is 0.113. The molecule has 2 bridgehead atoms. The largest absolute Gasteiger partial charge is 0.359 e. The number of nitrogens with one attached hydrogen (secondary N) is 2. The number of benzene rings is 2. The second kappa shape index (κ2) is 13.5. The van der Waals surface area contributed by atoms with Gasteiger partial charge in [0.15, 0.2) is 0 Å². The molecule has 9 heteroatoms. The van der Waals surface area contributed by atoms with Gasteiger partial charge in [0.2, 0.25) is 17.7 Å². The summed E-state index contributed by atoms with van der Waals surface area (Å²) in [5.74, 6) is -1.95. The summed E-state index contributed by atoms with van der Waals surface area (Å²) < 4.78 is 6.57. The number of amides is 3. The fraction of sp³-hybridized carbons (Fsp3) is 0.553. The van der Waals surface area contributed by atoms with Crippen LogP contribution in [0.2, 0.25) is 0 Å². The number of likely N-dealkylation sites (tertiary alicyclic amines) is 1. The molecule has 4 fully saturated rings. The van der Waals surface area contributed by atoms with E-state index in [0.717, 1.165) is 82.5 Å². The Labute approximate surface area is 278 Å². The number of anilines is 1. The molecule has 9 nitrogen and oxygen atoms in total. The number of hydrogen-bond donors (Lipinski definition) is 2. The summed E-state index contributed by atoms with van der Waals surface area (Å²) in [5.41, 5.74) is 3.15. The molecule has 4 heterocycles. The van der Waals surface area contributed by atoms with Crippen molar-refractivity contribution >= 4 is 23.4 Å². The molecule has 2 aromatic carbocycles. The Kier molecular flexibility index (Phi) is 9.22. The third-order valence-electron chi connectivity index (χ3n) is 11.2. The lowest BCUT2D eigenvalue weighted by molar-refractivity contribution is -0.141. The SMILES string of the molecule is Cc1ccc(NC(=O)C2[C@@H]3C=CC4(O3)C(C(=O)NC3CCCCC3)N(CCCN3CCN(Cc5ccccc5)CC3)C(=O)[C@H]24)cc1C. The molecule has 5 atom stereocenters. The van der Waals surface area contributed by atoms with Crippen molar-refractivity contribution in [2.45, 2.75) is 82.7 Å². The summed E-state index contributed by atoms with van der Waals surface area (Å²) in [7, 11) is 0. The zero-order chi connectivity index (χ0) is 32.5. The zero-order valence-corrected chi connectivity index (χ0v) is 27.8. The minimum Gasteiger partial charge on any atom is -0.359 e. The first-order valence-electron chi connectivity index (χ1n) is 17.7. The van der Waals surface area contributed by atoms with Crippen LogP contribution in [0, 0.1) is 25.7 Å². The first-order chi connectivity index (χ1) is 22.8. The molecule has 3 unspecified atom stereocenters. The van der Waals surface area contributed by atoms with Crippen molar-refractivity contribution in [3.63, 3.8) is 0 Å². The summed E-state index contributed by atoms with van der Waals surface area (Å²) >= 11 is 0. The number of nitrogens with zero attached hydrogens (tertiary/aromatic N) is 3. The highest BCUT2D eigenvalue weighted by atomic mass is 16.5. The molecule has 2 N–H and O–H groups in total. The van der Waals surface area contributed by atoms with E-state index in [2.05, 4.69) is 50.8 Å². The third kappa shape index (κ3) is 6.37. The Balaban J connectivity index is 1.04. The van der Waals surface area contributed by atoms with E-state index in [1.165, 1.54) is 12.0 Å². The molecule has 4 aliphatic heterocycles. The van der Waals surface area contributed by atoms with Gasteiger partial charge in [-0.05, 0) is 68.5 Å². The number of hydrogen-bond acceptors (Lipinski definition) is 6. The van der Waals surface area contributed by atoms with E-state index in [9.17, 15) is 14.4 Å². The van der Waals surface area contributed by atoms with E-state index in [1.807, 2.05) is 44.2 Å². The number of rotatable bonds is 10. The second-order valence-corrected chi connectivity index (χ2v) is 14.3. The number of carbonyl (C=O) groups is 3. The Morgan fingerprint density at radius 2 is 1.64 bits per heavy atom. The molecule has 0 radical (unpaired) electrons. The van der Waals surface area contributed by atoms with Gasteiger partial charge in [0.25, 0.3) is 0 Å². The Morgan fingerprint density at radius 3 is 2.38 bits per heavy atom. The highest BCUT2D eigenvalue weighted by molar-refractivity contribution is 6.02. The lowest BCUT2D eigenvalue weighted by Crippen LogP contribution is -2.56. The molecule has 1 saturated carbocycles. The summed E-state index contributed by atoms with van der Waals surface area (Å²) in [4.78, 5) is 49.1. The molecule has 250 valence electrons. The highest BCUT2D eigenvalue weighted by Gasteiger charge is 2.72. The molecular formula is C38H49N5O4. The van der Waals surface area contributed by atoms with Crippen molar-refractivity contribution in [1.82, 2.24) is 20.0 Å². The highest BCUT2D eigenvalue weighted by Crippen LogP contribution is 2.55. The Bertz CT molecular complexity index is 1500. The van der Waals surface area contributed by atoms with E-state index in [1.54, 1.807) is 4.90 Å². The predicted molar refractivity (Wildman–Crippen MR) is 182 cm³/mol. The topological polar surface area (TPSA) is 94.2 Å². The van der Waals surface area contributed by atoms with Crippen LogP contribution in [0.15, 0.2) is 60.7 Å². The number of fused-ring (bicyclic) bond motifs is 1. The number of aryl methyl sites for hydroxylation is 2. The van der Waals surface area contributed by atoms with Gasteiger partial charge in [-0.1, -0.05) is 67.8 Å². The van der Waals surface area contributed by atoms with Crippen molar-refractivity contribution in [2.24, 2.45) is 11.8 Å². The van der Waals surface area contributed by atoms with Crippen LogP contribution in [0.3, 0.4) is 0 Å². The van der Waals surface area contributed by atoms with Crippen LogP contribution >= 0.6 is 0 Å². The standard InChI is InChI=1S/C38H49N5O4/c1-26-14-15-30(24-27(26)2)40-35(44)32-31-16-17-38(47-31)33(32)37(46)43(34(38)36(45)39-29-12-7-4-8-13-29)19-9-18-41-20-22-42(23-21-41)25-28-10-5-3-6-11-28/h3,5-6,10-11,14-17,24,29,31-34H,4,7-9,12-13,18-23,25H2,1-2H3,(H,39,45)(H,40,44)/t31-,32?,33-,34?,38?/m0/s1. The van der Waals surface area contributed by atoms with Crippen LogP contribution in [0.1, 0.15) is 55.2 Å². The maximum Gasteiger partial charge on any atom is 0.246 e. The molecule has 3 saturated heterocycles. The average Bonchev–Trinajstić information content (AvgIpc) is 3.72. The zero-order valence-electron chi connectivity index (χ0n) is 27.8. The minimum atomic E-state index is -1.13. The average molecular weight is 640 g/mol. The van der Waals surface area contributed by atoms with Gasteiger partial charge in [-0.2, -0.15) is 0 Å². The normalized spacial score (nSPS) is 29.3. The predicted octanol–water partition coefficient (Wildman–Crippen LogP) is 4.05. The molecule has 1 spiro atoms. The van der Waals surface area contributed by atoms with E-state index in [0.29, 0.717) is 12.2 Å². The van der Waals surface area contributed by atoms with Crippen molar-refractivity contribution in [1.29, 1.82) is 0 Å². The van der Waals surface area contributed by atoms with Crippen LogP contribution < -0.4 is 10.6 Å². The molecule has 3 amide bonds. The van der Waals surface area contributed by atoms with Crippen LogP contribution in [-0.4, -0.2) is 95.5 Å². The fourth-order valence-corrected chi connectivity index (χ4v) is 8.56. The molecule has 0 aromatic heterocycles. The number of carbonyl (C=O) groups excluding carboxylic acids is 3.